The van der Waals surface area contributed by atoms with E-state index in [0.29, 0.717) is 0 Å². The second kappa shape index (κ2) is 6.61. The maximum absolute atomic E-state index is 13.1. The van der Waals surface area contributed by atoms with Crippen molar-refractivity contribution in [3.63, 3.8) is 0 Å². The molecule has 1 saturated heterocycles. The highest BCUT2D eigenvalue weighted by atomic mass is 19.1. The van der Waals surface area contributed by atoms with E-state index in [1.54, 1.807) is 18.5 Å². The average molecular weight is 332 g/mol. The monoisotopic (exact) mass is 332 g/mol. The molecule has 1 aromatic carbocycles. The summed E-state index contributed by atoms with van der Waals surface area (Å²) in [6.07, 6.45) is 1.67. The first-order valence-corrected chi connectivity index (χ1v) is 8.35. The number of morpholine rings is 1. The van der Waals surface area contributed by atoms with E-state index in [1.165, 1.54) is 12.1 Å². The molecule has 0 aliphatic carbocycles. The molecule has 2 atom stereocenters. The van der Waals surface area contributed by atoms with E-state index < -0.39 is 0 Å². The number of hydrogen-bond acceptors (Lipinski definition) is 4. The van der Waals surface area contributed by atoms with E-state index in [9.17, 15) is 4.39 Å². The van der Waals surface area contributed by atoms with E-state index in [1.807, 2.05) is 4.68 Å². The molecule has 0 saturated carbocycles. The Balaban J connectivity index is 1.75. The van der Waals surface area contributed by atoms with Crippen LogP contribution in [0.15, 0.2) is 30.6 Å². The molecular weight excluding hydrogens is 307 g/mol. The van der Waals surface area contributed by atoms with Crippen LogP contribution in [0.1, 0.15) is 45.2 Å². The average Bonchev–Trinajstić information content (AvgIpc) is 2.95. The smallest absolute Gasteiger partial charge is 0.141 e. The number of aromatic nitrogens is 3. The lowest BCUT2D eigenvalue weighted by Gasteiger charge is -2.37. The molecule has 5 nitrogen and oxygen atoms in total. The largest absolute Gasteiger partial charge is 0.368 e. The number of rotatable bonds is 3. The van der Waals surface area contributed by atoms with Crippen molar-refractivity contribution in [2.75, 3.05) is 13.1 Å². The third-order valence-corrected chi connectivity index (χ3v) is 4.20. The number of halogens is 1. The Kier molecular flexibility index (Phi) is 4.69. The molecular formula is C18H25FN4O. The zero-order valence-electron chi connectivity index (χ0n) is 14.7. The first kappa shape index (κ1) is 17.0. The van der Waals surface area contributed by atoms with Gasteiger partial charge in [0.1, 0.15) is 18.0 Å². The molecule has 0 unspecified atom stereocenters. The Bertz CT molecular complexity index is 677. The Hall–Kier alpha value is -1.79. The Labute approximate surface area is 142 Å². The van der Waals surface area contributed by atoms with Gasteiger partial charge >= 0.3 is 0 Å². The van der Waals surface area contributed by atoms with Gasteiger partial charge in [-0.1, -0.05) is 12.1 Å². The Morgan fingerprint density at radius 1 is 1.21 bits per heavy atom. The van der Waals surface area contributed by atoms with Crippen molar-refractivity contribution in [1.82, 2.24) is 19.7 Å². The summed E-state index contributed by atoms with van der Waals surface area (Å²) in [5.41, 5.74) is 0.908. The lowest BCUT2D eigenvalue weighted by molar-refractivity contribution is -0.0824. The van der Waals surface area contributed by atoms with Gasteiger partial charge in [0.25, 0.3) is 0 Å². The third kappa shape index (κ3) is 3.82. The molecule has 1 aliphatic heterocycles. The van der Waals surface area contributed by atoms with Crippen molar-refractivity contribution in [2.24, 2.45) is 0 Å². The van der Waals surface area contributed by atoms with Crippen LogP contribution in [0.5, 0.6) is 0 Å². The number of hydrogen-bond donors (Lipinski definition) is 0. The molecule has 2 aromatic rings. The zero-order valence-corrected chi connectivity index (χ0v) is 14.7. The van der Waals surface area contributed by atoms with Gasteiger partial charge in [0.2, 0.25) is 0 Å². The lowest BCUT2D eigenvalue weighted by Crippen LogP contribution is -2.43. The Morgan fingerprint density at radius 3 is 2.58 bits per heavy atom. The quantitative estimate of drug-likeness (QED) is 0.866. The maximum atomic E-state index is 13.1. The summed E-state index contributed by atoms with van der Waals surface area (Å²) in [5.74, 6) is 0.729. The molecule has 0 radical (unpaired) electrons. The van der Waals surface area contributed by atoms with Gasteiger partial charge in [0, 0.05) is 13.1 Å². The van der Waals surface area contributed by atoms with Crippen LogP contribution in [0, 0.1) is 5.82 Å². The second-order valence-corrected chi connectivity index (χ2v) is 7.44. The van der Waals surface area contributed by atoms with Crippen LogP contribution in [-0.2, 0) is 16.8 Å². The van der Waals surface area contributed by atoms with Crippen molar-refractivity contribution < 1.29 is 9.13 Å². The molecule has 1 fully saturated rings. The van der Waals surface area contributed by atoms with E-state index in [-0.39, 0.29) is 23.6 Å². The first-order chi connectivity index (χ1) is 11.3. The summed E-state index contributed by atoms with van der Waals surface area (Å²) in [4.78, 5) is 6.76. The SMILES string of the molecule is C[C@@H]1CN(Cc2ncnn2C(C)(C)C)C[C@H](c2ccc(F)cc2)O1. The molecule has 1 aromatic heterocycles. The highest BCUT2D eigenvalue weighted by molar-refractivity contribution is 5.19. The molecule has 1 aliphatic rings. The molecule has 3 rings (SSSR count). The minimum Gasteiger partial charge on any atom is -0.368 e. The van der Waals surface area contributed by atoms with Crippen LogP contribution >= 0.6 is 0 Å². The minimum atomic E-state index is -0.224. The Morgan fingerprint density at radius 2 is 1.92 bits per heavy atom. The molecule has 2 heterocycles. The van der Waals surface area contributed by atoms with Gasteiger partial charge in [-0.15, -0.1) is 0 Å². The number of ether oxygens (including phenoxy) is 1. The van der Waals surface area contributed by atoms with Crippen LogP contribution in [-0.4, -0.2) is 38.9 Å². The molecule has 0 amide bonds. The maximum Gasteiger partial charge on any atom is 0.141 e. The molecule has 0 bridgehead atoms. The van der Waals surface area contributed by atoms with Gasteiger partial charge in [-0.2, -0.15) is 5.10 Å². The van der Waals surface area contributed by atoms with Crippen LogP contribution in [0.2, 0.25) is 0 Å². The predicted octanol–water partition coefficient (Wildman–Crippen LogP) is 3.13. The van der Waals surface area contributed by atoms with Gasteiger partial charge < -0.3 is 4.74 Å². The fraction of sp³-hybridized carbons (Fsp3) is 0.556. The highest BCUT2D eigenvalue weighted by Crippen LogP contribution is 2.26. The van der Waals surface area contributed by atoms with E-state index in [2.05, 4.69) is 42.7 Å². The third-order valence-electron chi connectivity index (χ3n) is 4.20. The molecule has 24 heavy (non-hydrogen) atoms. The van der Waals surface area contributed by atoms with Crippen LogP contribution in [0.4, 0.5) is 4.39 Å². The molecule has 130 valence electrons. The highest BCUT2D eigenvalue weighted by Gasteiger charge is 2.28. The van der Waals surface area contributed by atoms with Crippen molar-refractivity contribution in [3.8, 4) is 0 Å². The molecule has 0 spiro atoms. The van der Waals surface area contributed by atoms with Gasteiger partial charge in [-0.3, -0.25) is 4.90 Å². The van der Waals surface area contributed by atoms with Crippen LogP contribution < -0.4 is 0 Å². The summed E-state index contributed by atoms with van der Waals surface area (Å²) in [5, 5.41) is 4.36. The van der Waals surface area contributed by atoms with Crippen LogP contribution in [0.3, 0.4) is 0 Å². The summed E-state index contributed by atoms with van der Waals surface area (Å²) in [6, 6.07) is 6.57. The van der Waals surface area contributed by atoms with Gasteiger partial charge in [0.05, 0.1) is 24.3 Å². The zero-order chi connectivity index (χ0) is 17.3. The van der Waals surface area contributed by atoms with Gasteiger partial charge in [-0.25, -0.2) is 14.1 Å². The second-order valence-electron chi connectivity index (χ2n) is 7.44. The van der Waals surface area contributed by atoms with Gasteiger partial charge in [-0.05, 0) is 45.4 Å². The summed E-state index contributed by atoms with van der Waals surface area (Å²) >= 11 is 0. The van der Waals surface area contributed by atoms with Crippen molar-refractivity contribution >= 4 is 0 Å². The predicted molar refractivity (Wildman–Crippen MR) is 90.0 cm³/mol. The topological polar surface area (TPSA) is 43.2 Å². The minimum absolute atomic E-state index is 0.0552. The molecule has 0 N–H and O–H groups in total. The summed E-state index contributed by atoms with van der Waals surface area (Å²) in [7, 11) is 0. The van der Waals surface area contributed by atoms with Crippen molar-refractivity contribution in [2.45, 2.75) is 52.0 Å². The number of nitrogens with zero attached hydrogens (tertiary/aromatic N) is 4. The van der Waals surface area contributed by atoms with Gasteiger partial charge in [0.15, 0.2) is 0 Å². The fourth-order valence-corrected chi connectivity index (χ4v) is 3.16. The lowest BCUT2D eigenvalue weighted by atomic mass is 10.1. The molecule has 6 heteroatoms. The normalized spacial score (nSPS) is 22.7. The summed E-state index contributed by atoms with van der Waals surface area (Å²) < 4.78 is 21.2. The van der Waals surface area contributed by atoms with E-state index in [0.717, 1.165) is 31.0 Å². The first-order valence-electron chi connectivity index (χ1n) is 8.35. The van der Waals surface area contributed by atoms with Crippen molar-refractivity contribution in [3.05, 3.63) is 47.8 Å². The standard InChI is InChI=1S/C18H25FN4O/c1-13-9-22(11-17-20-12-21-23(17)18(2,3)4)10-16(24-13)14-5-7-15(19)8-6-14/h5-8,12-13,16H,9-11H2,1-4H3/t13-,16-/m1/s1. The van der Waals surface area contributed by atoms with E-state index >= 15 is 0 Å². The van der Waals surface area contributed by atoms with E-state index in [4.69, 9.17) is 4.74 Å². The fourth-order valence-electron chi connectivity index (χ4n) is 3.16. The number of benzene rings is 1. The summed E-state index contributed by atoms with van der Waals surface area (Å²) in [6.45, 7) is 10.7. The van der Waals surface area contributed by atoms with Crippen molar-refractivity contribution in [1.29, 1.82) is 0 Å². The van der Waals surface area contributed by atoms with Crippen LogP contribution in [0.25, 0.3) is 0 Å².